The summed E-state index contributed by atoms with van der Waals surface area (Å²) in [6, 6.07) is 16.9. The van der Waals surface area contributed by atoms with Crippen LogP contribution in [-0.4, -0.2) is 64.6 Å². The van der Waals surface area contributed by atoms with Gasteiger partial charge in [-0.3, -0.25) is 4.90 Å². The Morgan fingerprint density at radius 1 is 1.11 bits per heavy atom. The molecule has 198 valence electrons. The molecule has 9 heteroatoms. The average molecular weight is 534 g/mol. The molecule has 0 fully saturated rings. The lowest BCUT2D eigenvalue weighted by Crippen LogP contribution is -2.32. The van der Waals surface area contributed by atoms with Crippen molar-refractivity contribution in [1.82, 2.24) is 24.4 Å². The van der Waals surface area contributed by atoms with Crippen LogP contribution in [0, 0.1) is 5.82 Å². The van der Waals surface area contributed by atoms with Gasteiger partial charge in [0.2, 0.25) is 0 Å². The summed E-state index contributed by atoms with van der Waals surface area (Å²) >= 11 is 1.51. The van der Waals surface area contributed by atoms with Crippen molar-refractivity contribution in [1.29, 1.82) is 0 Å². The second kappa shape index (κ2) is 12.1. The zero-order valence-electron chi connectivity index (χ0n) is 21.9. The molecule has 1 aliphatic rings. The Kier molecular flexibility index (Phi) is 8.36. The van der Waals surface area contributed by atoms with E-state index < -0.39 is 0 Å². The van der Waals surface area contributed by atoms with Crippen molar-refractivity contribution in [2.75, 3.05) is 40.2 Å². The maximum atomic E-state index is 13.7. The number of ether oxygens (including phenoxy) is 2. The number of rotatable bonds is 11. The van der Waals surface area contributed by atoms with E-state index in [1.807, 2.05) is 24.5 Å². The van der Waals surface area contributed by atoms with Crippen LogP contribution < -0.4 is 4.74 Å². The molecule has 1 atom stereocenters. The first-order chi connectivity index (χ1) is 18.6. The Morgan fingerprint density at radius 2 is 1.95 bits per heavy atom. The molecule has 3 heterocycles. The molecule has 2 aromatic heterocycles. The highest BCUT2D eigenvalue weighted by atomic mass is 32.2. The van der Waals surface area contributed by atoms with E-state index in [1.54, 1.807) is 32.5 Å². The summed E-state index contributed by atoms with van der Waals surface area (Å²) in [6.07, 6.45) is 5.62. The quantitative estimate of drug-likeness (QED) is 0.186. The van der Waals surface area contributed by atoms with Crippen LogP contribution in [0.2, 0.25) is 0 Å². The van der Waals surface area contributed by atoms with E-state index in [0.29, 0.717) is 11.8 Å². The third-order valence-corrected chi connectivity index (χ3v) is 7.41. The lowest BCUT2D eigenvalue weighted by molar-refractivity contribution is 0.134. The predicted molar refractivity (Wildman–Crippen MR) is 148 cm³/mol. The molecule has 0 amide bonds. The second-order valence-electron chi connectivity index (χ2n) is 9.30. The Hall–Kier alpha value is -3.27. The fourth-order valence-corrected chi connectivity index (χ4v) is 5.41. The Morgan fingerprint density at radius 3 is 2.71 bits per heavy atom. The van der Waals surface area contributed by atoms with Gasteiger partial charge in [0.15, 0.2) is 5.16 Å². The largest absolute Gasteiger partial charge is 0.497 e. The summed E-state index contributed by atoms with van der Waals surface area (Å²) in [5, 5.41) is 0.706. The number of nitrogens with zero attached hydrogens (tertiary/aromatic N) is 5. The summed E-state index contributed by atoms with van der Waals surface area (Å²) < 4.78 is 27.0. The van der Waals surface area contributed by atoms with Crippen LogP contribution in [0.1, 0.15) is 23.9 Å². The van der Waals surface area contributed by atoms with Gasteiger partial charge in [0.05, 0.1) is 30.8 Å². The molecule has 7 nitrogen and oxygen atoms in total. The Balaban J connectivity index is 1.52. The van der Waals surface area contributed by atoms with Crippen LogP contribution >= 0.6 is 11.8 Å². The maximum Gasteiger partial charge on any atom is 0.187 e. The van der Waals surface area contributed by atoms with Crippen LogP contribution in [0.4, 0.5) is 4.39 Å². The number of fused-ring (bicyclic) bond motifs is 1. The highest BCUT2D eigenvalue weighted by Crippen LogP contribution is 2.39. The molecule has 0 aliphatic carbocycles. The number of aromatic nitrogens is 4. The molecule has 1 unspecified atom stereocenters. The topological polar surface area (TPSA) is 65.3 Å². The number of benzene rings is 2. The fourth-order valence-electron chi connectivity index (χ4n) is 5.05. The Labute approximate surface area is 227 Å². The van der Waals surface area contributed by atoms with Crippen molar-refractivity contribution >= 4 is 11.8 Å². The van der Waals surface area contributed by atoms with Gasteiger partial charge in [-0.15, -0.1) is 0 Å². The Bertz CT molecular complexity index is 1380. The number of thioether (sulfide) groups is 1. The number of aryl methyl sites for hydroxylation is 1. The van der Waals surface area contributed by atoms with E-state index in [2.05, 4.69) is 26.6 Å². The van der Waals surface area contributed by atoms with Crippen LogP contribution in [0.25, 0.3) is 22.6 Å². The molecule has 0 radical (unpaired) electrons. The molecule has 1 aliphatic heterocycles. The summed E-state index contributed by atoms with van der Waals surface area (Å²) in [6.45, 7) is 3.06. The lowest BCUT2D eigenvalue weighted by atomic mass is 10.1. The molecule has 0 saturated carbocycles. The van der Waals surface area contributed by atoms with Gasteiger partial charge in [-0.1, -0.05) is 23.9 Å². The standard InChI is InChI=1S/C29H32FN5O2S/c1-36-16-15-34(18-20-5-4-6-24(17-20)37-2)19-23-11-12-26-33-27(21-7-9-22(30)10-8-21)28(35(23)26)25-13-14-31-29(32-25)38-3/h4-10,13-14,17,23H,11-12,15-16,18-19H2,1-3H3. The van der Waals surface area contributed by atoms with E-state index in [4.69, 9.17) is 19.4 Å². The highest BCUT2D eigenvalue weighted by molar-refractivity contribution is 7.98. The van der Waals surface area contributed by atoms with Gasteiger partial charge < -0.3 is 14.0 Å². The zero-order valence-corrected chi connectivity index (χ0v) is 22.7. The van der Waals surface area contributed by atoms with E-state index in [0.717, 1.165) is 66.7 Å². The minimum Gasteiger partial charge on any atom is -0.497 e. The summed E-state index contributed by atoms with van der Waals surface area (Å²) in [4.78, 5) is 16.7. The van der Waals surface area contributed by atoms with E-state index in [9.17, 15) is 4.39 Å². The fraction of sp³-hybridized carbons (Fsp3) is 0.345. The molecular weight excluding hydrogens is 501 g/mol. The molecule has 4 aromatic rings. The van der Waals surface area contributed by atoms with Crippen LogP contribution in [-0.2, 0) is 17.7 Å². The number of halogens is 1. The average Bonchev–Trinajstić information content (AvgIpc) is 3.52. The predicted octanol–water partition coefficient (Wildman–Crippen LogP) is 5.51. The van der Waals surface area contributed by atoms with Gasteiger partial charge in [0.25, 0.3) is 0 Å². The van der Waals surface area contributed by atoms with E-state index in [-0.39, 0.29) is 11.9 Å². The second-order valence-corrected chi connectivity index (χ2v) is 10.1. The zero-order chi connectivity index (χ0) is 26.5. The molecule has 2 aromatic carbocycles. The first kappa shape index (κ1) is 26.3. The van der Waals surface area contributed by atoms with Crippen molar-refractivity contribution in [3.63, 3.8) is 0 Å². The van der Waals surface area contributed by atoms with Gasteiger partial charge in [0.1, 0.15) is 17.4 Å². The molecule has 0 spiro atoms. The third-order valence-electron chi connectivity index (χ3n) is 6.85. The van der Waals surface area contributed by atoms with E-state index in [1.165, 1.54) is 29.5 Å². The minimum absolute atomic E-state index is 0.205. The summed E-state index contributed by atoms with van der Waals surface area (Å²) in [5.74, 6) is 1.62. The highest BCUT2D eigenvalue weighted by Gasteiger charge is 2.32. The normalized spacial score (nSPS) is 14.7. The first-order valence-corrected chi connectivity index (χ1v) is 13.9. The summed E-state index contributed by atoms with van der Waals surface area (Å²) in [5.41, 5.74) is 4.67. The van der Waals surface area contributed by atoms with Crippen molar-refractivity contribution in [2.24, 2.45) is 0 Å². The maximum absolute atomic E-state index is 13.7. The van der Waals surface area contributed by atoms with Crippen LogP contribution in [0.3, 0.4) is 0 Å². The van der Waals surface area contributed by atoms with Crippen molar-refractivity contribution in [2.45, 2.75) is 30.6 Å². The van der Waals surface area contributed by atoms with Crippen molar-refractivity contribution in [3.8, 4) is 28.4 Å². The van der Waals surface area contributed by atoms with Crippen LogP contribution in [0.5, 0.6) is 5.75 Å². The van der Waals surface area contributed by atoms with Crippen molar-refractivity contribution in [3.05, 3.63) is 78.0 Å². The molecule has 5 rings (SSSR count). The molecular formula is C29H32FN5O2S. The van der Waals surface area contributed by atoms with E-state index >= 15 is 0 Å². The third kappa shape index (κ3) is 5.75. The summed E-state index contributed by atoms with van der Waals surface area (Å²) in [7, 11) is 3.43. The van der Waals surface area contributed by atoms with Gasteiger partial charge in [0, 0.05) is 51.0 Å². The SMILES string of the molecule is COCCN(Cc1cccc(OC)c1)CC1CCc2nc(-c3ccc(F)cc3)c(-c3ccnc(SC)n3)n21. The first-order valence-electron chi connectivity index (χ1n) is 12.7. The molecule has 38 heavy (non-hydrogen) atoms. The minimum atomic E-state index is -0.266. The van der Waals surface area contributed by atoms with Gasteiger partial charge in [-0.2, -0.15) is 0 Å². The molecule has 0 saturated heterocycles. The monoisotopic (exact) mass is 533 g/mol. The van der Waals surface area contributed by atoms with Gasteiger partial charge in [-0.05, 0) is 60.7 Å². The number of hydrogen-bond acceptors (Lipinski definition) is 7. The van der Waals surface area contributed by atoms with Crippen molar-refractivity contribution < 1.29 is 13.9 Å². The number of methoxy groups -OCH3 is 2. The van der Waals surface area contributed by atoms with Crippen LogP contribution in [0.15, 0.2) is 66.0 Å². The lowest BCUT2D eigenvalue weighted by Gasteiger charge is -2.27. The molecule has 0 bridgehead atoms. The van der Waals surface area contributed by atoms with Gasteiger partial charge in [-0.25, -0.2) is 19.3 Å². The number of hydrogen-bond donors (Lipinski definition) is 0. The van der Waals surface area contributed by atoms with Gasteiger partial charge >= 0.3 is 0 Å². The number of imidazole rings is 1. The molecule has 0 N–H and O–H groups in total. The smallest absolute Gasteiger partial charge is 0.187 e.